The van der Waals surface area contributed by atoms with E-state index in [1.165, 1.54) is 17.0 Å². The first-order chi connectivity index (χ1) is 19.0. The maximum Gasteiger partial charge on any atom is 0.264 e. The Bertz CT molecular complexity index is 1370. The van der Waals surface area contributed by atoms with Crippen LogP contribution in [0.25, 0.3) is 0 Å². The minimum Gasteiger partial charge on any atom is -0.492 e. The average molecular weight is 566 g/mol. The van der Waals surface area contributed by atoms with E-state index in [-0.39, 0.29) is 23.0 Å². The standard InChI is InChI=1S/C31H39N3O5S/c1-6-26(30(36)32-31(3,4)5)33(22-24-16-10-8-11-17-24)29(35)23-34(27-20-14-15-21-28(27)39-7-2)40(37,38)25-18-12-9-13-19-25/h8-21,26H,6-7,22-23H2,1-5H3,(H,32,36). The van der Waals surface area contributed by atoms with Crippen LogP contribution in [0.2, 0.25) is 0 Å². The van der Waals surface area contributed by atoms with Crippen molar-refractivity contribution in [3.05, 3.63) is 90.5 Å². The third-order valence-electron chi connectivity index (χ3n) is 6.12. The summed E-state index contributed by atoms with van der Waals surface area (Å²) in [5.41, 5.74) is 0.559. The van der Waals surface area contributed by atoms with E-state index in [1.807, 2.05) is 58.0 Å². The molecule has 3 rings (SSSR count). The second-order valence-electron chi connectivity index (χ2n) is 10.4. The molecule has 1 atom stereocenters. The monoisotopic (exact) mass is 565 g/mol. The highest BCUT2D eigenvalue weighted by Crippen LogP contribution is 2.33. The number of ether oxygens (including phenoxy) is 1. The van der Waals surface area contributed by atoms with Gasteiger partial charge in [-0.15, -0.1) is 0 Å². The highest BCUT2D eigenvalue weighted by atomic mass is 32.2. The smallest absolute Gasteiger partial charge is 0.264 e. The molecule has 8 nitrogen and oxygen atoms in total. The predicted molar refractivity (Wildman–Crippen MR) is 158 cm³/mol. The third-order valence-corrected chi connectivity index (χ3v) is 7.90. The molecule has 0 saturated heterocycles. The summed E-state index contributed by atoms with van der Waals surface area (Å²) in [7, 11) is -4.17. The van der Waals surface area contributed by atoms with Gasteiger partial charge in [-0.2, -0.15) is 0 Å². The number of hydrogen-bond acceptors (Lipinski definition) is 5. The molecule has 0 aliphatic rings. The lowest BCUT2D eigenvalue weighted by molar-refractivity contribution is -0.141. The van der Waals surface area contributed by atoms with Crippen molar-refractivity contribution >= 4 is 27.5 Å². The number of anilines is 1. The van der Waals surface area contributed by atoms with E-state index in [4.69, 9.17) is 4.74 Å². The van der Waals surface area contributed by atoms with E-state index < -0.39 is 34.1 Å². The highest BCUT2D eigenvalue weighted by molar-refractivity contribution is 7.92. The van der Waals surface area contributed by atoms with Gasteiger partial charge >= 0.3 is 0 Å². The average Bonchev–Trinajstić information content (AvgIpc) is 2.92. The van der Waals surface area contributed by atoms with Gasteiger partial charge in [-0.1, -0.05) is 67.6 Å². The van der Waals surface area contributed by atoms with Crippen LogP contribution in [0, 0.1) is 0 Å². The second-order valence-corrected chi connectivity index (χ2v) is 12.3. The molecule has 9 heteroatoms. The quantitative estimate of drug-likeness (QED) is 0.333. The first kappa shape index (κ1) is 30.7. The molecule has 0 radical (unpaired) electrons. The van der Waals surface area contributed by atoms with Crippen molar-refractivity contribution in [2.75, 3.05) is 17.5 Å². The zero-order valence-electron chi connectivity index (χ0n) is 23.8. The Kier molecular flexibility index (Phi) is 10.3. The number of nitrogens with zero attached hydrogens (tertiary/aromatic N) is 2. The third kappa shape index (κ3) is 7.85. The van der Waals surface area contributed by atoms with E-state index in [9.17, 15) is 18.0 Å². The fourth-order valence-corrected chi connectivity index (χ4v) is 5.77. The van der Waals surface area contributed by atoms with E-state index in [1.54, 1.807) is 49.4 Å². The molecule has 0 bridgehead atoms. The van der Waals surface area contributed by atoms with Gasteiger partial charge in [0.15, 0.2) is 0 Å². The van der Waals surface area contributed by atoms with Crippen LogP contribution >= 0.6 is 0 Å². The summed E-state index contributed by atoms with van der Waals surface area (Å²) in [6.07, 6.45) is 0.349. The van der Waals surface area contributed by atoms with Crippen molar-refractivity contribution in [1.82, 2.24) is 10.2 Å². The van der Waals surface area contributed by atoms with Gasteiger partial charge in [0.2, 0.25) is 11.8 Å². The minimum atomic E-state index is -4.17. The molecule has 1 unspecified atom stereocenters. The highest BCUT2D eigenvalue weighted by Gasteiger charge is 2.35. The Balaban J connectivity index is 2.10. The van der Waals surface area contributed by atoms with Crippen LogP contribution in [0.4, 0.5) is 5.69 Å². The lowest BCUT2D eigenvalue weighted by Crippen LogP contribution is -2.55. The first-order valence-electron chi connectivity index (χ1n) is 13.4. The van der Waals surface area contributed by atoms with Crippen molar-refractivity contribution in [2.24, 2.45) is 0 Å². The molecule has 0 heterocycles. The minimum absolute atomic E-state index is 0.0428. The maximum atomic E-state index is 14.1. The molecule has 0 aliphatic heterocycles. The summed E-state index contributed by atoms with van der Waals surface area (Å²) in [4.78, 5) is 29.0. The molecule has 0 saturated carbocycles. The lowest BCUT2D eigenvalue weighted by atomic mass is 10.1. The van der Waals surface area contributed by atoms with Crippen LogP contribution in [0.3, 0.4) is 0 Å². The van der Waals surface area contributed by atoms with Gasteiger partial charge in [0.05, 0.1) is 17.2 Å². The number of sulfonamides is 1. The molecule has 2 amide bonds. The van der Waals surface area contributed by atoms with Gasteiger partial charge in [0.25, 0.3) is 10.0 Å². The Morgan fingerprint density at radius 2 is 1.45 bits per heavy atom. The van der Waals surface area contributed by atoms with Gasteiger partial charge in [-0.25, -0.2) is 8.42 Å². The fourth-order valence-electron chi connectivity index (χ4n) is 4.33. The molecule has 3 aromatic carbocycles. The zero-order chi connectivity index (χ0) is 29.3. The molecule has 0 aromatic heterocycles. The number of para-hydroxylation sites is 2. The van der Waals surface area contributed by atoms with Crippen molar-refractivity contribution < 1.29 is 22.7 Å². The Morgan fingerprint density at radius 1 is 0.875 bits per heavy atom. The number of benzene rings is 3. The molecule has 40 heavy (non-hydrogen) atoms. The maximum absolute atomic E-state index is 14.1. The molecule has 0 spiro atoms. The molecule has 1 N–H and O–H groups in total. The first-order valence-corrected chi connectivity index (χ1v) is 14.9. The Morgan fingerprint density at radius 3 is 2.02 bits per heavy atom. The topological polar surface area (TPSA) is 96.0 Å². The summed E-state index contributed by atoms with van der Waals surface area (Å²) < 4.78 is 34.8. The number of nitrogens with one attached hydrogen (secondary N) is 1. The van der Waals surface area contributed by atoms with Crippen molar-refractivity contribution in [3.8, 4) is 5.75 Å². The van der Waals surface area contributed by atoms with E-state index in [2.05, 4.69) is 5.32 Å². The van der Waals surface area contributed by atoms with Crippen molar-refractivity contribution in [3.63, 3.8) is 0 Å². The Hall–Kier alpha value is -3.85. The van der Waals surface area contributed by atoms with E-state index in [0.29, 0.717) is 18.8 Å². The molecule has 0 fully saturated rings. The van der Waals surface area contributed by atoms with Crippen LogP contribution in [0.15, 0.2) is 89.8 Å². The molecular formula is C31H39N3O5S. The van der Waals surface area contributed by atoms with E-state index in [0.717, 1.165) is 9.87 Å². The summed E-state index contributed by atoms with van der Waals surface area (Å²) in [5, 5.41) is 2.97. The van der Waals surface area contributed by atoms with Gasteiger partial charge in [0, 0.05) is 12.1 Å². The molecule has 3 aromatic rings. The number of amides is 2. The SMILES string of the molecule is CCOc1ccccc1N(CC(=O)N(Cc1ccccc1)C(CC)C(=O)NC(C)(C)C)S(=O)(=O)c1ccccc1. The van der Waals surface area contributed by atoms with Crippen molar-refractivity contribution in [2.45, 2.75) is 64.1 Å². The molecule has 0 aliphatic carbocycles. The number of hydrogen-bond donors (Lipinski definition) is 1. The summed E-state index contributed by atoms with van der Waals surface area (Å²) in [5.74, 6) is -0.471. The zero-order valence-corrected chi connectivity index (χ0v) is 24.6. The van der Waals surface area contributed by atoms with Crippen LogP contribution < -0.4 is 14.4 Å². The molecule has 214 valence electrons. The Labute approximate surface area is 238 Å². The second kappa shape index (κ2) is 13.5. The summed E-state index contributed by atoms with van der Waals surface area (Å²) in [6.45, 7) is 9.20. The lowest BCUT2D eigenvalue weighted by Gasteiger charge is -2.35. The largest absolute Gasteiger partial charge is 0.492 e. The number of rotatable bonds is 12. The van der Waals surface area contributed by atoms with Crippen LogP contribution in [0.1, 0.15) is 46.6 Å². The fraction of sp³-hybridized carbons (Fsp3) is 0.355. The number of carbonyl (C=O) groups excluding carboxylic acids is 2. The van der Waals surface area contributed by atoms with Gasteiger partial charge in [-0.05, 0) is 63.9 Å². The van der Waals surface area contributed by atoms with Gasteiger partial charge in [0.1, 0.15) is 18.3 Å². The summed E-state index contributed by atoms with van der Waals surface area (Å²) >= 11 is 0. The normalized spacial score (nSPS) is 12.3. The molecular weight excluding hydrogens is 526 g/mol. The van der Waals surface area contributed by atoms with Crippen molar-refractivity contribution in [1.29, 1.82) is 0 Å². The number of carbonyl (C=O) groups is 2. The van der Waals surface area contributed by atoms with Crippen LogP contribution in [-0.2, 0) is 26.2 Å². The van der Waals surface area contributed by atoms with Crippen LogP contribution in [-0.4, -0.2) is 49.9 Å². The van der Waals surface area contributed by atoms with Gasteiger partial charge < -0.3 is 15.0 Å². The van der Waals surface area contributed by atoms with E-state index >= 15 is 0 Å². The van der Waals surface area contributed by atoms with Crippen LogP contribution in [0.5, 0.6) is 5.75 Å². The van der Waals surface area contributed by atoms with Gasteiger partial charge in [-0.3, -0.25) is 13.9 Å². The predicted octanol–water partition coefficient (Wildman–Crippen LogP) is 5.00. The summed E-state index contributed by atoms with van der Waals surface area (Å²) in [6, 6.07) is 23.2.